The molecule has 1 aliphatic rings. The molecule has 0 aromatic heterocycles. The Bertz CT molecular complexity index is 635. The first-order valence-corrected chi connectivity index (χ1v) is 7.49. The van der Waals surface area contributed by atoms with Gasteiger partial charge in [0.1, 0.15) is 10.7 Å². The molecule has 0 radical (unpaired) electrons. The number of rotatable bonds is 3. The number of non-ortho nitro benzene ring substituents is 1. The van der Waals surface area contributed by atoms with Gasteiger partial charge in [-0.05, 0) is 25.3 Å². The molecule has 1 aliphatic heterocycles. The van der Waals surface area contributed by atoms with Crippen molar-refractivity contribution >= 4 is 15.7 Å². The Morgan fingerprint density at radius 2 is 2.10 bits per heavy atom. The third kappa shape index (κ3) is 2.65. The topological polar surface area (TPSA) is 107 Å². The van der Waals surface area contributed by atoms with E-state index in [9.17, 15) is 22.9 Å². The molecule has 1 atom stereocenters. The van der Waals surface area contributed by atoms with Gasteiger partial charge in [-0.15, -0.1) is 0 Å². The summed E-state index contributed by atoms with van der Waals surface area (Å²) >= 11 is 0. The number of piperidine rings is 1. The summed E-state index contributed by atoms with van der Waals surface area (Å²) in [6.45, 7) is 0.222. The van der Waals surface area contributed by atoms with Crippen LogP contribution in [0.2, 0.25) is 0 Å². The zero-order valence-corrected chi connectivity index (χ0v) is 11.3. The summed E-state index contributed by atoms with van der Waals surface area (Å²) in [5.74, 6) is -1.14. The second-order valence-electron chi connectivity index (χ2n) is 4.55. The Morgan fingerprint density at radius 3 is 2.65 bits per heavy atom. The molecule has 7 nitrogen and oxygen atoms in total. The molecule has 1 heterocycles. The third-order valence-electron chi connectivity index (χ3n) is 3.21. The lowest BCUT2D eigenvalue weighted by atomic mass is 10.1. The smallest absolute Gasteiger partial charge is 0.272 e. The lowest BCUT2D eigenvalue weighted by Crippen LogP contribution is -2.48. The molecule has 0 amide bonds. The molecule has 0 saturated carbocycles. The average Bonchev–Trinajstić information content (AvgIpc) is 2.38. The number of hydrogen-bond acceptors (Lipinski definition) is 5. The van der Waals surface area contributed by atoms with E-state index in [2.05, 4.69) is 0 Å². The van der Waals surface area contributed by atoms with Crippen LogP contribution in [0.1, 0.15) is 19.3 Å². The van der Waals surface area contributed by atoms with Crippen molar-refractivity contribution in [1.82, 2.24) is 4.31 Å². The van der Waals surface area contributed by atoms with Gasteiger partial charge in [-0.2, -0.15) is 4.31 Å². The molecule has 20 heavy (non-hydrogen) atoms. The SMILES string of the molecule is NC1CCCCN1S(=O)(=O)c1ccc([N+](=O)[O-])cc1F. The van der Waals surface area contributed by atoms with E-state index in [4.69, 9.17) is 5.73 Å². The summed E-state index contributed by atoms with van der Waals surface area (Å²) in [6.07, 6.45) is 1.29. The van der Waals surface area contributed by atoms with Crippen molar-refractivity contribution in [1.29, 1.82) is 0 Å². The minimum atomic E-state index is -4.07. The molecule has 0 spiro atoms. The van der Waals surface area contributed by atoms with Gasteiger partial charge >= 0.3 is 0 Å². The Labute approximate surface area is 115 Å². The van der Waals surface area contributed by atoms with E-state index in [1.807, 2.05) is 0 Å². The fourth-order valence-electron chi connectivity index (χ4n) is 2.17. The molecule has 0 bridgehead atoms. The molecule has 1 fully saturated rings. The number of halogens is 1. The first-order valence-electron chi connectivity index (χ1n) is 6.05. The highest BCUT2D eigenvalue weighted by Gasteiger charge is 2.33. The second kappa shape index (κ2) is 5.43. The average molecular weight is 303 g/mol. The maximum Gasteiger partial charge on any atom is 0.272 e. The van der Waals surface area contributed by atoms with Gasteiger partial charge in [0.25, 0.3) is 5.69 Å². The predicted molar refractivity (Wildman–Crippen MR) is 68.8 cm³/mol. The normalized spacial score (nSPS) is 20.8. The fraction of sp³-hybridized carbons (Fsp3) is 0.455. The Kier molecular flexibility index (Phi) is 4.02. The van der Waals surface area contributed by atoms with Gasteiger partial charge in [0.2, 0.25) is 10.0 Å². The largest absolute Gasteiger partial charge is 0.315 e. The van der Waals surface area contributed by atoms with E-state index < -0.39 is 37.5 Å². The maximum absolute atomic E-state index is 13.8. The Morgan fingerprint density at radius 1 is 1.40 bits per heavy atom. The molecule has 1 aromatic carbocycles. The van der Waals surface area contributed by atoms with Gasteiger partial charge in [-0.25, -0.2) is 12.8 Å². The highest BCUT2D eigenvalue weighted by molar-refractivity contribution is 7.89. The van der Waals surface area contributed by atoms with Crippen LogP contribution in [0.3, 0.4) is 0 Å². The van der Waals surface area contributed by atoms with Gasteiger partial charge in [0, 0.05) is 12.6 Å². The number of hydrogen-bond donors (Lipinski definition) is 1. The summed E-state index contributed by atoms with van der Waals surface area (Å²) in [5.41, 5.74) is 5.25. The summed E-state index contributed by atoms with van der Waals surface area (Å²) < 4.78 is 39.6. The summed E-state index contributed by atoms with van der Waals surface area (Å²) in [6, 6.07) is 2.47. The Balaban J connectivity index is 2.41. The lowest BCUT2D eigenvalue weighted by Gasteiger charge is -2.31. The third-order valence-corrected chi connectivity index (χ3v) is 5.17. The number of nitro benzene ring substituents is 1. The van der Waals surface area contributed by atoms with Crippen LogP contribution in [-0.4, -0.2) is 30.4 Å². The second-order valence-corrected chi connectivity index (χ2v) is 6.41. The van der Waals surface area contributed by atoms with Gasteiger partial charge in [-0.3, -0.25) is 10.1 Å². The first-order chi connectivity index (χ1) is 9.34. The molecule has 110 valence electrons. The van der Waals surface area contributed by atoms with Crippen LogP contribution in [0, 0.1) is 15.9 Å². The predicted octanol–water partition coefficient (Wildman–Crippen LogP) is 1.19. The molecule has 1 unspecified atom stereocenters. The number of nitro groups is 1. The van der Waals surface area contributed by atoms with E-state index >= 15 is 0 Å². The molecule has 1 aromatic rings. The minimum Gasteiger partial charge on any atom is -0.315 e. The highest BCUT2D eigenvalue weighted by atomic mass is 32.2. The van der Waals surface area contributed by atoms with E-state index in [0.717, 1.165) is 22.9 Å². The van der Waals surface area contributed by atoms with E-state index in [-0.39, 0.29) is 6.54 Å². The fourth-order valence-corrected chi connectivity index (χ4v) is 3.80. The van der Waals surface area contributed by atoms with E-state index in [1.165, 1.54) is 0 Å². The van der Waals surface area contributed by atoms with Crippen LogP contribution in [0.25, 0.3) is 0 Å². The Hall–Kier alpha value is -1.58. The first kappa shape index (κ1) is 14.8. The molecule has 2 N–H and O–H groups in total. The van der Waals surface area contributed by atoms with Gasteiger partial charge in [0.05, 0.1) is 17.2 Å². The van der Waals surface area contributed by atoms with Crippen LogP contribution < -0.4 is 5.73 Å². The zero-order chi connectivity index (χ0) is 14.9. The van der Waals surface area contributed by atoms with Crippen molar-refractivity contribution in [3.63, 3.8) is 0 Å². The standard InChI is InChI=1S/C11H14FN3O4S/c12-9-7-8(15(16)17)4-5-10(9)20(18,19)14-6-2-1-3-11(14)13/h4-5,7,11H,1-3,6,13H2. The summed E-state index contributed by atoms with van der Waals surface area (Å²) in [4.78, 5) is 9.16. The highest BCUT2D eigenvalue weighted by Crippen LogP contribution is 2.27. The molecule has 0 aliphatic carbocycles. The summed E-state index contributed by atoms with van der Waals surface area (Å²) in [5, 5.41) is 10.5. The number of benzene rings is 1. The van der Waals surface area contributed by atoms with Crippen molar-refractivity contribution in [3.8, 4) is 0 Å². The monoisotopic (exact) mass is 303 g/mol. The molecule has 2 rings (SSSR count). The quantitative estimate of drug-likeness (QED) is 0.667. The van der Waals surface area contributed by atoms with Crippen molar-refractivity contribution in [2.75, 3.05) is 6.54 Å². The van der Waals surface area contributed by atoms with Crippen molar-refractivity contribution in [3.05, 3.63) is 34.1 Å². The van der Waals surface area contributed by atoms with Crippen LogP contribution >= 0.6 is 0 Å². The van der Waals surface area contributed by atoms with Crippen molar-refractivity contribution in [2.45, 2.75) is 30.3 Å². The zero-order valence-electron chi connectivity index (χ0n) is 10.5. The minimum absolute atomic E-state index is 0.222. The molecular formula is C11H14FN3O4S. The van der Waals surface area contributed by atoms with E-state index in [0.29, 0.717) is 18.9 Å². The molecule has 1 saturated heterocycles. The number of sulfonamides is 1. The van der Waals surface area contributed by atoms with Gasteiger partial charge < -0.3 is 5.73 Å². The molecular weight excluding hydrogens is 289 g/mol. The van der Waals surface area contributed by atoms with Crippen LogP contribution in [0.5, 0.6) is 0 Å². The summed E-state index contributed by atoms with van der Waals surface area (Å²) in [7, 11) is -4.07. The van der Waals surface area contributed by atoms with Crippen LogP contribution in [0.4, 0.5) is 10.1 Å². The van der Waals surface area contributed by atoms with E-state index in [1.54, 1.807) is 0 Å². The number of nitrogens with two attached hydrogens (primary N) is 1. The van der Waals surface area contributed by atoms with Gasteiger partial charge in [0.15, 0.2) is 0 Å². The maximum atomic E-state index is 13.8. The van der Waals surface area contributed by atoms with Crippen molar-refractivity contribution < 1.29 is 17.7 Å². The lowest BCUT2D eigenvalue weighted by molar-refractivity contribution is -0.385. The van der Waals surface area contributed by atoms with Gasteiger partial charge in [-0.1, -0.05) is 0 Å². The van der Waals surface area contributed by atoms with Crippen LogP contribution in [0.15, 0.2) is 23.1 Å². The van der Waals surface area contributed by atoms with Crippen molar-refractivity contribution in [2.24, 2.45) is 5.73 Å². The molecule has 9 heteroatoms. The van der Waals surface area contributed by atoms with Crippen LogP contribution in [-0.2, 0) is 10.0 Å². The number of nitrogens with zero attached hydrogens (tertiary/aromatic N) is 2.